The molecule has 1 aliphatic heterocycles. The molecule has 0 atom stereocenters. The standard InChI is InChI=1S/C33H34N4O2/c1-33(2,32-34-25-13-7-8-14-26(25)35-32)36-31(38)22-16-17-23-27(20-22)37-18-19-39-28-15-9-6-12-24(28)30(37)29(23)21-10-4-3-5-11-21/h6-9,12-17,20-21H,3-5,10-11,18-19H2,1-2H3,(H,34,35)(H,36,38). The van der Waals surface area contributed by atoms with Crippen molar-refractivity contribution in [3.63, 3.8) is 0 Å². The highest BCUT2D eigenvalue weighted by atomic mass is 16.5. The van der Waals surface area contributed by atoms with Crippen molar-refractivity contribution in [2.45, 2.75) is 64.0 Å². The molecule has 0 unspecified atom stereocenters. The Morgan fingerprint density at radius 2 is 1.82 bits per heavy atom. The van der Waals surface area contributed by atoms with Crippen LogP contribution in [0.25, 0.3) is 33.2 Å². The van der Waals surface area contributed by atoms with Crippen LogP contribution in [0.2, 0.25) is 0 Å². The zero-order valence-corrected chi connectivity index (χ0v) is 22.6. The Morgan fingerprint density at radius 3 is 2.67 bits per heavy atom. The van der Waals surface area contributed by atoms with E-state index in [2.05, 4.69) is 45.2 Å². The number of carbonyl (C=O) groups excluding carboxylic acids is 1. The fourth-order valence-corrected chi connectivity index (χ4v) is 6.54. The highest BCUT2D eigenvalue weighted by Gasteiger charge is 2.31. The summed E-state index contributed by atoms with van der Waals surface area (Å²) < 4.78 is 8.58. The quantitative estimate of drug-likeness (QED) is 0.262. The first-order valence-electron chi connectivity index (χ1n) is 14.2. The Balaban J connectivity index is 1.31. The third-order valence-electron chi connectivity index (χ3n) is 8.50. The zero-order chi connectivity index (χ0) is 26.6. The van der Waals surface area contributed by atoms with Crippen molar-refractivity contribution >= 4 is 27.8 Å². The second kappa shape index (κ2) is 9.30. The average molecular weight is 519 g/mol. The summed E-state index contributed by atoms with van der Waals surface area (Å²) in [6.45, 7) is 5.33. The first-order valence-corrected chi connectivity index (χ1v) is 14.2. The Morgan fingerprint density at radius 1 is 1.03 bits per heavy atom. The van der Waals surface area contributed by atoms with Crippen LogP contribution in [0.1, 0.15) is 73.6 Å². The molecule has 0 spiro atoms. The van der Waals surface area contributed by atoms with E-state index in [1.807, 2.05) is 50.2 Å². The Labute approximate surface area is 228 Å². The van der Waals surface area contributed by atoms with Crippen molar-refractivity contribution in [2.24, 2.45) is 0 Å². The average Bonchev–Trinajstić information content (AvgIpc) is 3.48. The van der Waals surface area contributed by atoms with Gasteiger partial charge in [-0.15, -0.1) is 0 Å². The van der Waals surface area contributed by atoms with Gasteiger partial charge in [0.2, 0.25) is 0 Å². The molecule has 0 saturated heterocycles. The van der Waals surface area contributed by atoms with Gasteiger partial charge in [-0.25, -0.2) is 4.98 Å². The van der Waals surface area contributed by atoms with Crippen LogP contribution in [0.3, 0.4) is 0 Å². The fourth-order valence-electron chi connectivity index (χ4n) is 6.54. The van der Waals surface area contributed by atoms with Gasteiger partial charge in [0.15, 0.2) is 0 Å². The number of rotatable bonds is 4. The van der Waals surface area contributed by atoms with E-state index in [-0.39, 0.29) is 5.91 Å². The van der Waals surface area contributed by atoms with Crippen molar-refractivity contribution in [2.75, 3.05) is 6.61 Å². The third kappa shape index (κ3) is 4.10. The van der Waals surface area contributed by atoms with Gasteiger partial charge in [0.1, 0.15) is 18.2 Å². The molecular weight excluding hydrogens is 484 g/mol. The lowest BCUT2D eigenvalue weighted by Crippen LogP contribution is -2.41. The summed E-state index contributed by atoms with van der Waals surface area (Å²) in [6.07, 6.45) is 6.28. The van der Waals surface area contributed by atoms with Gasteiger partial charge in [0, 0.05) is 22.0 Å². The Bertz CT molecular complexity index is 1670. The lowest BCUT2D eigenvalue weighted by atomic mass is 9.81. The topological polar surface area (TPSA) is 71.9 Å². The number of fused-ring (bicyclic) bond motifs is 6. The van der Waals surface area contributed by atoms with Crippen LogP contribution < -0.4 is 10.1 Å². The monoisotopic (exact) mass is 518 g/mol. The molecule has 39 heavy (non-hydrogen) atoms. The normalized spacial score (nSPS) is 15.9. The summed E-state index contributed by atoms with van der Waals surface area (Å²) in [7, 11) is 0. The Kier molecular flexibility index (Phi) is 5.72. The van der Waals surface area contributed by atoms with Gasteiger partial charge in [-0.2, -0.15) is 0 Å². The van der Waals surface area contributed by atoms with Crippen LogP contribution in [-0.4, -0.2) is 27.0 Å². The van der Waals surface area contributed by atoms with Gasteiger partial charge < -0.3 is 19.6 Å². The molecule has 0 radical (unpaired) electrons. The summed E-state index contributed by atoms with van der Waals surface area (Å²) in [6, 6.07) is 22.6. The maximum Gasteiger partial charge on any atom is 0.252 e. The molecule has 2 aliphatic rings. The molecular formula is C33H34N4O2. The number of hydrogen-bond donors (Lipinski definition) is 2. The van der Waals surface area contributed by atoms with Crippen molar-refractivity contribution < 1.29 is 9.53 Å². The van der Waals surface area contributed by atoms with E-state index in [4.69, 9.17) is 9.72 Å². The molecule has 0 bridgehead atoms. The summed E-state index contributed by atoms with van der Waals surface area (Å²) in [4.78, 5) is 21.8. The molecule has 2 N–H and O–H groups in total. The van der Waals surface area contributed by atoms with Crippen LogP contribution in [0.5, 0.6) is 5.75 Å². The highest BCUT2D eigenvalue weighted by molar-refractivity contribution is 6.01. The summed E-state index contributed by atoms with van der Waals surface area (Å²) in [5.74, 6) is 2.10. The van der Waals surface area contributed by atoms with Crippen LogP contribution >= 0.6 is 0 Å². The molecule has 1 aliphatic carbocycles. The number of H-pyrrole nitrogens is 1. The zero-order valence-electron chi connectivity index (χ0n) is 22.6. The molecule has 6 nitrogen and oxygen atoms in total. The smallest absolute Gasteiger partial charge is 0.252 e. The SMILES string of the molecule is CC(C)(NC(=O)c1ccc2c(C3CCCCC3)c3n(c2c1)CCOc1ccccc1-3)c1nc2ccccc2[nH]1. The molecule has 3 aromatic carbocycles. The Hall–Kier alpha value is -4.06. The molecule has 3 heterocycles. The van der Waals surface area contributed by atoms with Crippen molar-refractivity contribution in [1.29, 1.82) is 0 Å². The number of para-hydroxylation sites is 3. The van der Waals surface area contributed by atoms with Gasteiger partial charge in [-0.1, -0.05) is 49.6 Å². The minimum absolute atomic E-state index is 0.109. The number of aromatic nitrogens is 3. The number of hydrogen-bond acceptors (Lipinski definition) is 3. The molecule has 1 saturated carbocycles. The van der Waals surface area contributed by atoms with Gasteiger partial charge in [-0.3, -0.25) is 4.79 Å². The number of nitrogens with zero attached hydrogens (tertiary/aromatic N) is 2. The number of nitrogens with one attached hydrogen (secondary N) is 2. The summed E-state index contributed by atoms with van der Waals surface area (Å²) in [5, 5.41) is 4.49. The van der Waals surface area contributed by atoms with E-state index in [0.717, 1.165) is 40.2 Å². The minimum atomic E-state index is -0.666. The molecule has 1 fully saturated rings. The summed E-state index contributed by atoms with van der Waals surface area (Å²) >= 11 is 0. The highest BCUT2D eigenvalue weighted by Crippen LogP contribution is 2.47. The maximum atomic E-state index is 13.6. The van der Waals surface area contributed by atoms with E-state index < -0.39 is 5.54 Å². The summed E-state index contributed by atoms with van der Waals surface area (Å²) in [5.41, 5.74) is 6.81. The number of imidazole rings is 1. The molecule has 1 amide bonds. The largest absolute Gasteiger partial charge is 0.491 e. The van der Waals surface area contributed by atoms with Crippen LogP contribution in [0.15, 0.2) is 66.7 Å². The van der Waals surface area contributed by atoms with E-state index in [1.165, 1.54) is 48.7 Å². The number of carbonyl (C=O) groups is 1. The number of aromatic amines is 1. The molecule has 7 rings (SSSR count). The lowest BCUT2D eigenvalue weighted by Gasteiger charge is -2.24. The number of amides is 1. The van der Waals surface area contributed by atoms with E-state index in [9.17, 15) is 4.79 Å². The van der Waals surface area contributed by atoms with Gasteiger partial charge >= 0.3 is 0 Å². The van der Waals surface area contributed by atoms with Crippen molar-refractivity contribution in [1.82, 2.24) is 19.9 Å². The predicted octanol–water partition coefficient (Wildman–Crippen LogP) is 7.29. The lowest BCUT2D eigenvalue weighted by molar-refractivity contribution is 0.0909. The second-order valence-corrected chi connectivity index (χ2v) is 11.5. The minimum Gasteiger partial charge on any atom is -0.491 e. The predicted molar refractivity (Wildman–Crippen MR) is 155 cm³/mol. The van der Waals surface area contributed by atoms with E-state index >= 15 is 0 Å². The van der Waals surface area contributed by atoms with Crippen LogP contribution in [0.4, 0.5) is 0 Å². The molecule has 2 aromatic heterocycles. The second-order valence-electron chi connectivity index (χ2n) is 11.5. The van der Waals surface area contributed by atoms with Gasteiger partial charge in [0.25, 0.3) is 5.91 Å². The first kappa shape index (κ1) is 24.0. The van der Waals surface area contributed by atoms with Crippen LogP contribution in [-0.2, 0) is 12.1 Å². The van der Waals surface area contributed by atoms with Gasteiger partial charge in [0.05, 0.1) is 28.8 Å². The van der Waals surface area contributed by atoms with Crippen molar-refractivity contribution in [3.05, 3.63) is 83.7 Å². The number of benzene rings is 3. The molecule has 198 valence electrons. The fraction of sp³-hybridized carbons (Fsp3) is 0.333. The van der Waals surface area contributed by atoms with Gasteiger partial charge in [-0.05, 0) is 74.6 Å². The van der Waals surface area contributed by atoms with E-state index in [0.29, 0.717) is 18.1 Å². The van der Waals surface area contributed by atoms with Crippen molar-refractivity contribution in [3.8, 4) is 17.0 Å². The molecule has 5 aromatic rings. The number of ether oxygens (including phenoxy) is 1. The van der Waals surface area contributed by atoms with E-state index in [1.54, 1.807) is 0 Å². The third-order valence-corrected chi connectivity index (χ3v) is 8.50. The maximum absolute atomic E-state index is 13.6. The first-order chi connectivity index (χ1) is 19.0. The molecule has 6 heteroatoms. The van der Waals surface area contributed by atoms with Crippen LogP contribution in [0, 0.1) is 0 Å².